The second kappa shape index (κ2) is 6.57. The third-order valence-electron chi connectivity index (χ3n) is 3.94. The summed E-state index contributed by atoms with van der Waals surface area (Å²) in [6, 6.07) is 18.2. The number of aryl methyl sites for hydroxylation is 1. The van der Waals surface area contributed by atoms with Crippen LogP contribution in [0.15, 0.2) is 70.7 Å². The van der Waals surface area contributed by atoms with Gasteiger partial charge in [-0.15, -0.1) is 0 Å². The highest BCUT2D eigenvalue weighted by Gasteiger charge is 2.12. The summed E-state index contributed by atoms with van der Waals surface area (Å²) in [6.07, 6.45) is 1.68. The predicted octanol–water partition coefficient (Wildman–Crippen LogP) is 3.69. The zero-order valence-electron chi connectivity index (χ0n) is 13.6. The Labute approximate surface area is 148 Å². The first-order chi connectivity index (χ1) is 12.2. The van der Waals surface area contributed by atoms with E-state index in [0.717, 1.165) is 16.9 Å². The van der Waals surface area contributed by atoms with Crippen LogP contribution < -0.4 is 5.69 Å². The summed E-state index contributed by atoms with van der Waals surface area (Å²) in [5, 5.41) is 4.76. The number of hydrogen-bond donors (Lipinski definition) is 1. The van der Waals surface area contributed by atoms with Crippen molar-refractivity contribution in [2.45, 2.75) is 17.8 Å². The van der Waals surface area contributed by atoms with Gasteiger partial charge in [0.05, 0.1) is 6.20 Å². The van der Waals surface area contributed by atoms with Crippen molar-refractivity contribution in [3.8, 4) is 11.1 Å². The van der Waals surface area contributed by atoms with Gasteiger partial charge >= 0.3 is 5.69 Å². The number of H-pyrrole nitrogens is 1. The summed E-state index contributed by atoms with van der Waals surface area (Å²) in [7, 11) is 0. The van der Waals surface area contributed by atoms with Crippen LogP contribution in [-0.4, -0.2) is 19.6 Å². The topological polar surface area (TPSA) is 63.1 Å². The first kappa shape index (κ1) is 15.7. The van der Waals surface area contributed by atoms with Gasteiger partial charge < -0.3 is 0 Å². The third kappa shape index (κ3) is 3.21. The van der Waals surface area contributed by atoms with Crippen molar-refractivity contribution >= 4 is 17.4 Å². The Morgan fingerprint density at radius 3 is 2.60 bits per heavy atom. The fourth-order valence-electron chi connectivity index (χ4n) is 2.59. The van der Waals surface area contributed by atoms with E-state index < -0.39 is 0 Å². The lowest BCUT2D eigenvalue weighted by atomic mass is 10.1. The maximum atomic E-state index is 12.3. The van der Waals surface area contributed by atoms with E-state index in [1.807, 2.05) is 30.3 Å². The third-order valence-corrected chi connectivity index (χ3v) is 4.88. The first-order valence-electron chi connectivity index (χ1n) is 7.92. The van der Waals surface area contributed by atoms with E-state index in [2.05, 4.69) is 46.3 Å². The van der Waals surface area contributed by atoms with Crippen molar-refractivity contribution < 1.29 is 0 Å². The zero-order chi connectivity index (χ0) is 17.2. The van der Waals surface area contributed by atoms with Gasteiger partial charge in [-0.05, 0) is 18.1 Å². The van der Waals surface area contributed by atoms with E-state index in [1.54, 1.807) is 6.20 Å². The van der Waals surface area contributed by atoms with Gasteiger partial charge in [0.2, 0.25) is 0 Å². The molecular weight excluding hydrogens is 332 g/mol. The van der Waals surface area contributed by atoms with Crippen molar-refractivity contribution in [2.75, 3.05) is 0 Å². The van der Waals surface area contributed by atoms with Gasteiger partial charge in [0.1, 0.15) is 0 Å². The van der Waals surface area contributed by atoms with E-state index in [9.17, 15) is 4.79 Å². The van der Waals surface area contributed by atoms with Crippen molar-refractivity contribution in [3.63, 3.8) is 0 Å². The van der Waals surface area contributed by atoms with E-state index in [0.29, 0.717) is 10.8 Å². The molecule has 2 aromatic carbocycles. The first-order valence-corrected chi connectivity index (χ1v) is 8.91. The summed E-state index contributed by atoms with van der Waals surface area (Å²) in [5.41, 5.74) is 4.55. The summed E-state index contributed by atoms with van der Waals surface area (Å²) in [5.74, 6) is 0.744. The minimum absolute atomic E-state index is 0.279. The predicted molar refractivity (Wildman–Crippen MR) is 99.8 cm³/mol. The molecule has 0 fully saturated rings. The molecule has 2 aromatic heterocycles. The molecular formula is C19H16N4OS. The fourth-order valence-corrected chi connectivity index (χ4v) is 3.40. The van der Waals surface area contributed by atoms with Gasteiger partial charge in [0, 0.05) is 11.3 Å². The SMILES string of the molecule is Cc1ccc(CSc2nc3c(-c4ccccc4)cnn3c(=O)[nH]2)cc1. The molecule has 0 aliphatic rings. The zero-order valence-corrected chi connectivity index (χ0v) is 14.5. The molecule has 0 saturated carbocycles. The number of rotatable bonds is 4. The van der Waals surface area contributed by atoms with Crippen molar-refractivity contribution in [1.82, 2.24) is 19.6 Å². The molecule has 0 bridgehead atoms. The largest absolute Gasteiger partial charge is 0.350 e. The van der Waals surface area contributed by atoms with Crippen LogP contribution in [0.2, 0.25) is 0 Å². The monoisotopic (exact) mass is 348 g/mol. The van der Waals surface area contributed by atoms with Crippen molar-refractivity contribution in [1.29, 1.82) is 0 Å². The molecule has 0 spiro atoms. The van der Waals surface area contributed by atoms with Crippen molar-refractivity contribution in [3.05, 3.63) is 82.4 Å². The summed E-state index contributed by atoms with van der Waals surface area (Å²) >= 11 is 1.51. The number of nitrogens with zero attached hydrogens (tertiary/aromatic N) is 3. The van der Waals surface area contributed by atoms with Crippen LogP contribution >= 0.6 is 11.8 Å². The van der Waals surface area contributed by atoms with Gasteiger partial charge in [-0.25, -0.2) is 9.78 Å². The standard InChI is InChI=1S/C19H16N4OS/c1-13-7-9-14(10-8-13)12-25-18-21-17-16(15-5-3-2-4-6-15)11-20-23(17)19(24)22-18/h2-11H,12H2,1H3,(H,21,22,24). The van der Waals surface area contributed by atoms with E-state index in [4.69, 9.17) is 0 Å². The molecule has 124 valence electrons. The lowest BCUT2D eigenvalue weighted by Gasteiger charge is -2.04. The number of thioether (sulfide) groups is 1. The molecule has 0 atom stereocenters. The lowest BCUT2D eigenvalue weighted by Crippen LogP contribution is -2.19. The molecule has 0 saturated heterocycles. The Hall–Kier alpha value is -2.86. The quantitative estimate of drug-likeness (QED) is 0.571. The van der Waals surface area contributed by atoms with Crippen molar-refractivity contribution in [2.24, 2.45) is 0 Å². The summed E-state index contributed by atoms with van der Waals surface area (Å²) < 4.78 is 1.30. The molecule has 0 unspecified atom stereocenters. The van der Waals surface area contributed by atoms with E-state index >= 15 is 0 Å². The van der Waals surface area contributed by atoms with Gasteiger partial charge in [-0.3, -0.25) is 4.98 Å². The second-order valence-corrected chi connectivity index (χ2v) is 6.75. The van der Waals surface area contributed by atoms with Crippen LogP contribution in [0.1, 0.15) is 11.1 Å². The van der Waals surface area contributed by atoms with Gasteiger partial charge in [-0.2, -0.15) is 9.61 Å². The molecule has 25 heavy (non-hydrogen) atoms. The molecule has 6 heteroatoms. The van der Waals surface area contributed by atoms with Crippen LogP contribution in [0.3, 0.4) is 0 Å². The van der Waals surface area contributed by atoms with Crippen LogP contribution in [0.25, 0.3) is 16.8 Å². The average Bonchev–Trinajstić information content (AvgIpc) is 3.06. The maximum Gasteiger partial charge on any atom is 0.350 e. The minimum Gasteiger partial charge on any atom is -0.285 e. The molecule has 2 heterocycles. The summed E-state index contributed by atoms with van der Waals surface area (Å²) in [4.78, 5) is 19.7. The Kier molecular flexibility index (Phi) is 4.11. The van der Waals surface area contributed by atoms with Gasteiger partial charge in [0.25, 0.3) is 0 Å². The maximum absolute atomic E-state index is 12.3. The average molecular weight is 348 g/mol. The fraction of sp³-hybridized carbons (Fsp3) is 0.105. The smallest absolute Gasteiger partial charge is 0.285 e. The molecule has 4 aromatic rings. The van der Waals surface area contributed by atoms with E-state index in [1.165, 1.54) is 27.4 Å². The van der Waals surface area contributed by atoms with Crippen LogP contribution in [-0.2, 0) is 5.75 Å². The number of fused-ring (bicyclic) bond motifs is 1. The molecule has 1 N–H and O–H groups in total. The molecule has 0 radical (unpaired) electrons. The number of nitrogens with one attached hydrogen (secondary N) is 1. The van der Waals surface area contributed by atoms with Crippen LogP contribution in [0, 0.1) is 6.92 Å². The number of aromatic nitrogens is 4. The normalized spacial score (nSPS) is 11.1. The Balaban J connectivity index is 1.68. The van der Waals surface area contributed by atoms with Gasteiger partial charge in [-0.1, -0.05) is 71.9 Å². The van der Waals surface area contributed by atoms with E-state index in [-0.39, 0.29) is 5.69 Å². The molecule has 4 rings (SSSR count). The minimum atomic E-state index is -0.279. The second-order valence-electron chi connectivity index (χ2n) is 5.78. The Bertz CT molecular complexity index is 1070. The highest BCUT2D eigenvalue weighted by Crippen LogP contribution is 2.24. The molecule has 0 amide bonds. The highest BCUT2D eigenvalue weighted by molar-refractivity contribution is 7.98. The number of aromatic amines is 1. The Morgan fingerprint density at radius 2 is 1.84 bits per heavy atom. The Morgan fingerprint density at radius 1 is 1.08 bits per heavy atom. The van der Waals surface area contributed by atoms with Gasteiger partial charge in [0.15, 0.2) is 10.8 Å². The summed E-state index contributed by atoms with van der Waals surface area (Å²) in [6.45, 7) is 2.06. The highest BCUT2D eigenvalue weighted by atomic mass is 32.2. The van der Waals surface area contributed by atoms with Crippen LogP contribution in [0.4, 0.5) is 0 Å². The molecule has 0 aliphatic heterocycles. The van der Waals surface area contributed by atoms with Crippen LogP contribution in [0.5, 0.6) is 0 Å². The number of benzene rings is 2. The molecule has 5 nitrogen and oxygen atoms in total. The number of hydrogen-bond acceptors (Lipinski definition) is 4. The lowest BCUT2D eigenvalue weighted by molar-refractivity contribution is 0.786. The molecule has 0 aliphatic carbocycles.